The number of carbonyl (C=O) groups is 1. The van der Waals surface area contributed by atoms with Crippen LogP contribution in [-0.2, 0) is 11.3 Å². The van der Waals surface area contributed by atoms with Crippen LogP contribution >= 0.6 is 0 Å². The molecule has 3 rings (SSSR count). The molecule has 0 aliphatic carbocycles. The molecule has 0 radical (unpaired) electrons. The van der Waals surface area contributed by atoms with E-state index in [0.717, 1.165) is 19.6 Å². The highest BCUT2D eigenvalue weighted by Crippen LogP contribution is 2.27. The molecule has 1 aromatic carbocycles. The Morgan fingerprint density at radius 3 is 2.33 bits per heavy atom. The molecule has 1 amide bonds. The first-order valence-electron chi connectivity index (χ1n) is 8.41. The Morgan fingerprint density at radius 1 is 1.12 bits per heavy atom. The van der Waals surface area contributed by atoms with Crippen LogP contribution in [0.4, 0.5) is 4.79 Å². The number of nitrogens with zero attached hydrogens (tertiary/aromatic N) is 2. The van der Waals surface area contributed by atoms with E-state index >= 15 is 0 Å². The van der Waals surface area contributed by atoms with E-state index in [1.54, 1.807) is 4.90 Å². The number of rotatable bonds is 3. The normalized spacial score (nSPS) is 15.0. The van der Waals surface area contributed by atoms with Crippen LogP contribution in [0.1, 0.15) is 37.8 Å². The molecule has 1 aromatic heterocycles. The maximum absolute atomic E-state index is 12.0. The number of aromatic nitrogens is 1. The summed E-state index contributed by atoms with van der Waals surface area (Å²) in [6, 6.07) is 14.7. The van der Waals surface area contributed by atoms with Gasteiger partial charge in [-0.3, -0.25) is 0 Å². The zero-order valence-electron chi connectivity index (χ0n) is 14.6. The highest BCUT2D eigenvalue weighted by molar-refractivity contribution is 5.69. The summed E-state index contributed by atoms with van der Waals surface area (Å²) in [5, 5.41) is 0. The first kappa shape index (κ1) is 16.5. The topological polar surface area (TPSA) is 33.4 Å². The zero-order valence-corrected chi connectivity index (χ0v) is 14.6. The van der Waals surface area contributed by atoms with Crippen LogP contribution in [0, 0.1) is 0 Å². The van der Waals surface area contributed by atoms with Gasteiger partial charge in [-0.2, -0.15) is 0 Å². The molecule has 0 unspecified atom stereocenters. The Kier molecular flexibility index (Phi) is 4.56. The maximum Gasteiger partial charge on any atom is 0.410 e. The number of hydrogen-bond acceptors (Lipinski definition) is 2. The largest absolute Gasteiger partial charge is 0.444 e. The Balaban J connectivity index is 1.53. The average molecular weight is 325 g/mol. The van der Waals surface area contributed by atoms with Crippen molar-refractivity contribution in [3.05, 3.63) is 66.0 Å². The monoisotopic (exact) mass is 325 g/mol. The van der Waals surface area contributed by atoms with Gasteiger partial charge in [0, 0.05) is 36.7 Å². The third-order valence-electron chi connectivity index (χ3n) is 4.13. The summed E-state index contributed by atoms with van der Waals surface area (Å²) in [4.78, 5) is 13.7. The molecule has 0 saturated carbocycles. The first-order chi connectivity index (χ1) is 11.4. The number of likely N-dealkylation sites (tertiary alicyclic amines) is 1. The second-order valence-corrected chi connectivity index (χ2v) is 7.37. The molecule has 4 heteroatoms. The summed E-state index contributed by atoms with van der Waals surface area (Å²) >= 11 is 0. The van der Waals surface area contributed by atoms with Gasteiger partial charge in [-0.05, 0) is 26.3 Å². The lowest BCUT2D eigenvalue weighted by Gasteiger charge is -2.39. The van der Waals surface area contributed by atoms with Crippen LogP contribution in [0.2, 0.25) is 0 Å². The van der Waals surface area contributed by atoms with E-state index in [9.17, 15) is 4.79 Å². The summed E-state index contributed by atoms with van der Waals surface area (Å²) in [6.45, 7) is 8.02. The van der Waals surface area contributed by atoms with Crippen molar-refractivity contribution in [1.82, 2.24) is 4.90 Å². The number of benzene rings is 1. The van der Waals surface area contributed by atoms with Gasteiger partial charge >= 0.3 is 6.09 Å². The Bertz CT molecular complexity index is 684. The highest BCUT2D eigenvalue weighted by atomic mass is 16.6. The fourth-order valence-corrected chi connectivity index (χ4v) is 2.81. The smallest absolute Gasteiger partial charge is 0.410 e. The van der Waals surface area contributed by atoms with Gasteiger partial charge in [-0.1, -0.05) is 30.3 Å². The molecule has 2 aromatic rings. The zero-order chi connectivity index (χ0) is 17.2. The molecular weight excluding hydrogens is 300 g/mol. The summed E-state index contributed by atoms with van der Waals surface area (Å²) < 4.78 is 7.56. The van der Waals surface area contributed by atoms with Gasteiger partial charge in [0.05, 0.1) is 0 Å². The van der Waals surface area contributed by atoms with Crippen LogP contribution in [-0.4, -0.2) is 29.7 Å². The van der Waals surface area contributed by atoms with Crippen LogP contribution in [0.5, 0.6) is 0 Å². The molecule has 1 saturated heterocycles. The molecule has 0 N–H and O–H groups in total. The minimum Gasteiger partial charge on any atom is -0.444 e. The molecular formula is C20H25N2O2+. The fraction of sp³-hybridized carbons (Fsp3) is 0.400. The molecule has 4 nitrogen and oxygen atoms in total. The molecule has 1 fully saturated rings. The van der Waals surface area contributed by atoms with E-state index in [1.165, 1.54) is 11.1 Å². The third-order valence-corrected chi connectivity index (χ3v) is 4.13. The molecule has 24 heavy (non-hydrogen) atoms. The van der Waals surface area contributed by atoms with Gasteiger partial charge in [-0.25, -0.2) is 9.36 Å². The second kappa shape index (κ2) is 6.63. The molecule has 126 valence electrons. The van der Waals surface area contributed by atoms with E-state index in [-0.39, 0.29) is 6.09 Å². The number of ether oxygens (including phenoxy) is 1. The summed E-state index contributed by atoms with van der Waals surface area (Å²) in [6.07, 6.45) is 4.01. The minimum absolute atomic E-state index is 0.214. The lowest BCUT2D eigenvalue weighted by Crippen LogP contribution is -2.50. The van der Waals surface area contributed by atoms with Crippen molar-refractivity contribution in [3.8, 4) is 0 Å². The van der Waals surface area contributed by atoms with E-state index in [1.807, 2.05) is 26.8 Å². The van der Waals surface area contributed by atoms with Crippen LogP contribution in [0.25, 0.3) is 0 Å². The number of carbonyl (C=O) groups excluding carboxylic acids is 1. The average Bonchev–Trinajstić information content (AvgIpc) is 2.47. The van der Waals surface area contributed by atoms with Crippen LogP contribution < -0.4 is 4.57 Å². The fourth-order valence-electron chi connectivity index (χ4n) is 2.81. The van der Waals surface area contributed by atoms with Gasteiger partial charge in [0.15, 0.2) is 18.9 Å². The van der Waals surface area contributed by atoms with Crippen molar-refractivity contribution in [1.29, 1.82) is 0 Å². The van der Waals surface area contributed by atoms with Crippen LogP contribution in [0.3, 0.4) is 0 Å². The Labute approximate surface area is 143 Å². The predicted octanol–water partition coefficient (Wildman–Crippen LogP) is 3.36. The first-order valence-corrected chi connectivity index (χ1v) is 8.41. The quantitative estimate of drug-likeness (QED) is 0.811. The lowest BCUT2D eigenvalue weighted by atomic mass is 9.93. The summed E-state index contributed by atoms with van der Waals surface area (Å²) in [5.74, 6) is 0.406. The second-order valence-electron chi connectivity index (χ2n) is 7.37. The number of hydrogen-bond donors (Lipinski definition) is 0. The van der Waals surface area contributed by atoms with E-state index in [0.29, 0.717) is 5.92 Å². The molecule has 0 spiro atoms. The van der Waals surface area contributed by atoms with Gasteiger partial charge in [-0.15, -0.1) is 0 Å². The predicted molar refractivity (Wildman–Crippen MR) is 92.7 cm³/mol. The van der Waals surface area contributed by atoms with Crippen molar-refractivity contribution >= 4 is 6.09 Å². The molecule has 0 bridgehead atoms. The Morgan fingerprint density at radius 2 is 1.75 bits per heavy atom. The van der Waals surface area contributed by atoms with E-state index < -0.39 is 5.60 Å². The van der Waals surface area contributed by atoms with E-state index in [2.05, 4.69) is 53.4 Å². The highest BCUT2D eigenvalue weighted by Gasteiger charge is 2.34. The summed E-state index contributed by atoms with van der Waals surface area (Å²) in [7, 11) is 0. The van der Waals surface area contributed by atoms with Gasteiger partial charge in [0.1, 0.15) is 5.60 Å². The third kappa shape index (κ3) is 4.13. The lowest BCUT2D eigenvalue weighted by molar-refractivity contribution is -0.688. The van der Waals surface area contributed by atoms with Gasteiger partial charge < -0.3 is 9.64 Å². The number of amides is 1. The standard InChI is InChI=1S/C20H25N2O2/c1-20(2,3)24-19(23)22-14-18(15-22)17-9-11-21(12-10-17)13-16-7-5-4-6-8-16/h4-12,18H,13-15H2,1-3H3/q+1. The van der Waals surface area contributed by atoms with Crippen molar-refractivity contribution in [2.75, 3.05) is 13.1 Å². The molecule has 0 atom stereocenters. The summed E-state index contributed by atoms with van der Waals surface area (Å²) in [5.41, 5.74) is 2.13. The maximum atomic E-state index is 12.0. The Hall–Kier alpha value is -2.36. The number of pyridine rings is 1. The van der Waals surface area contributed by atoms with Gasteiger partial charge in [0.25, 0.3) is 0 Å². The van der Waals surface area contributed by atoms with E-state index in [4.69, 9.17) is 4.74 Å². The van der Waals surface area contributed by atoms with Crippen molar-refractivity contribution < 1.29 is 14.1 Å². The minimum atomic E-state index is -0.433. The van der Waals surface area contributed by atoms with Crippen molar-refractivity contribution in [3.63, 3.8) is 0 Å². The SMILES string of the molecule is CC(C)(C)OC(=O)N1CC(c2cc[n+](Cc3ccccc3)cc2)C1. The molecule has 1 aliphatic heterocycles. The van der Waals surface area contributed by atoms with Crippen molar-refractivity contribution in [2.24, 2.45) is 0 Å². The van der Waals surface area contributed by atoms with Crippen LogP contribution in [0.15, 0.2) is 54.9 Å². The molecule has 1 aliphatic rings. The van der Waals surface area contributed by atoms with Crippen molar-refractivity contribution in [2.45, 2.75) is 38.8 Å². The molecule has 2 heterocycles. The van der Waals surface area contributed by atoms with Gasteiger partial charge in [0.2, 0.25) is 0 Å².